The fourth-order valence-electron chi connectivity index (χ4n) is 5.04. The number of anilines is 2. The minimum absolute atomic E-state index is 0.133. The average molecular weight is 585 g/mol. The third kappa shape index (κ3) is 7.83. The van der Waals surface area contributed by atoms with Gasteiger partial charge in [-0.15, -0.1) is 0 Å². The predicted octanol–water partition coefficient (Wildman–Crippen LogP) is 4.97. The standard InChI is InChI=1S/C30H34F2N4O6/c1-18-13-23(35-26(14-18)36-25-15-20(28(31)32)9-11-33-25)21-5-8-24(34-16-21)30(2,40)22-6-3-19(4-7-22)29(39)42-17-41-27(38)10-12-37/h5,8-9,11,13-16,19,22,28,37,40H,3-4,6-7,10,12,17H2,1-2H3,(H,33,35,36)/t19-,22-,30-/m1/s1. The fraction of sp³-hybridized carbons (Fsp3) is 0.433. The van der Waals surface area contributed by atoms with Gasteiger partial charge in [0.25, 0.3) is 6.43 Å². The zero-order valence-corrected chi connectivity index (χ0v) is 23.4. The number of aryl methyl sites for hydroxylation is 1. The molecule has 0 aromatic carbocycles. The zero-order valence-electron chi connectivity index (χ0n) is 23.4. The van der Waals surface area contributed by atoms with Gasteiger partial charge in [-0.1, -0.05) is 0 Å². The lowest BCUT2D eigenvalue weighted by Gasteiger charge is -2.37. The van der Waals surface area contributed by atoms with Crippen LogP contribution in [0.1, 0.15) is 62.3 Å². The van der Waals surface area contributed by atoms with Gasteiger partial charge in [0.15, 0.2) is 0 Å². The molecule has 3 N–H and O–H groups in total. The molecule has 0 radical (unpaired) electrons. The van der Waals surface area contributed by atoms with E-state index in [4.69, 9.17) is 14.6 Å². The van der Waals surface area contributed by atoms with Crippen molar-refractivity contribution in [1.82, 2.24) is 15.0 Å². The number of aliphatic hydroxyl groups excluding tert-OH is 1. The third-order valence-corrected chi connectivity index (χ3v) is 7.43. The van der Waals surface area contributed by atoms with Crippen molar-refractivity contribution >= 4 is 23.6 Å². The Morgan fingerprint density at radius 1 is 1.07 bits per heavy atom. The number of pyridine rings is 3. The van der Waals surface area contributed by atoms with Gasteiger partial charge in [0.05, 0.1) is 30.3 Å². The second-order valence-electron chi connectivity index (χ2n) is 10.5. The van der Waals surface area contributed by atoms with Crippen LogP contribution in [0.5, 0.6) is 0 Å². The van der Waals surface area contributed by atoms with Crippen molar-refractivity contribution in [1.29, 1.82) is 0 Å². The lowest BCUT2D eigenvalue weighted by Crippen LogP contribution is -2.37. The number of ether oxygens (including phenoxy) is 2. The summed E-state index contributed by atoms with van der Waals surface area (Å²) in [6.45, 7) is 2.78. The molecular weight excluding hydrogens is 550 g/mol. The van der Waals surface area contributed by atoms with Gasteiger partial charge in [0, 0.05) is 23.5 Å². The molecule has 12 heteroatoms. The van der Waals surface area contributed by atoms with Crippen LogP contribution in [-0.2, 0) is 24.7 Å². The highest BCUT2D eigenvalue weighted by Crippen LogP contribution is 2.41. The molecule has 1 atom stereocenters. The van der Waals surface area contributed by atoms with E-state index < -0.39 is 30.8 Å². The Morgan fingerprint density at radius 2 is 1.83 bits per heavy atom. The van der Waals surface area contributed by atoms with Crippen LogP contribution in [0.15, 0.2) is 48.8 Å². The van der Waals surface area contributed by atoms with Gasteiger partial charge in [0.1, 0.15) is 17.2 Å². The largest absolute Gasteiger partial charge is 0.428 e. The third-order valence-electron chi connectivity index (χ3n) is 7.43. The maximum atomic E-state index is 13.1. The number of nitrogens with one attached hydrogen (secondary N) is 1. The number of carbonyl (C=O) groups excluding carboxylic acids is 2. The number of esters is 2. The monoisotopic (exact) mass is 584 g/mol. The Labute approximate surface area is 242 Å². The van der Waals surface area contributed by atoms with E-state index >= 15 is 0 Å². The quantitative estimate of drug-likeness (QED) is 0.209. The molecule has 1 aliphatic carbocycles. The molecule has 1 fully saturated rings. The number of carbonyl (C=O) groups is 2. The SMILES string of the molecule is Cc1cc(Nc2cc(C(F)F)ccn2)nc(-c2ccc([C@](C)(O)[C@H]3CC[C@H](C(=O)OCOC(=O)CCO)CC3)nc2)c1. The predicted molar refractivity (Wildman–Crippen MR) is 148 cm³/mol. The normalized spacial score (nSPS) is 18.3. The van der Waals surface area contributed by atoms with Crippen molar-refractivity contribution in [2.45, 2.75) is 58.0 Å². The molecule has 42 heavy (non-hydrogen) atoms. The van der Waals surface area contributed by atoms with E-state index in [1.165, 1.54) is 18.3 Å². The summed E-state index contributed by atoms with van der Waals surface area (Å²) < 4.78 is 35.9. The molecule has 0 bridgehead atoms. The smallest absolute Gasteiger partial charge is 0.311 e. The zero-order chi connectivity index (χ0) is 30.3. The first-order valence-corrected chi connectivity index (χ1v) is 13.7. The topological polar surface area (TPSA) is 144 Å². The molecular formula is C30H34F2N4O6. The first kappa shape index (κ1) is 30.9. The lowest BCUT2D eigenvalue weighted by atomic mass is 9.73. The highest BCUT2D eigenvalue weighted by molar-refractivity contribution is 5.73. The van der Waals surface area contributed by atoms with E-state index in [0.717, 1.165) is 5.56 Å². The maximum absolute atomic E-state index is 13.1. The summed E-state index contributed by atoms with van der Waals surface area (Å²) in [6.07, 6.45) is 2.36. The molecule has 3 aromatic heterocycles. The Balaban J connectivity index is 1.37. The first-order valence-electron chi connectivity index (χ1n) is 13.7. The Kier molecular flexibility index (Phi) is 10.1. The highest BCUT2D eigenvalue weighted by atomic mass is 19.3. The van der Waals surface area contributed by atoms with Gasteiger partial charge in [-0.05, 0) is 87.4 Å². The number of alkyl halides is 2. The molecule has 224 valence electrons. The Morgan fingerprint density at radius 3 is 2.50 bits per heavy atom. The van der Waals surface area contributed by atoms with E-state index in [2.05, 4.69) is 20.3 Å². The van der Waals surface area contributed by atoms with Gasteiger partial charge in [0.2, 0.25) is 6.79 Å². The van der Waals surface area contributed by atoms with Crippen molar-refractivity contribution in [3.8, 4) is 11.3 Å². The van der Waals surface area contributed by atoms with Crippen molar-refractivity contribution in [3.05, 3.63) is 65.6 Å². The van der Waals surface area contributed by atoms with Gasteiger partial charge in [-0.25, -0.2) is 18.7 Å². The molecule has 0 saturated heterocycles. The Hall–Kier alpha value is -4.03. The maximum Gasteiger partial charge on any atom is 0.311 e. The second kappa shape index (κ2) is 13.8. The van der Waals surface area contributed by atoms with Crippen LogP contribution in [0.4, 0.5) is 20.4 Å². The van der Waals surface area contributed by atoms with Crippen LogP contribution >= 0.6 is 0 Å². The van der Waals surface area contributed by atoms with Crippen molar-refractivity contribution in [2.24, 2.45) is 11.8 Å². The van der Waals surface area contributed by atoms with Gasteiger partial charge in [-0.2, -0.15) is 0 Å². The summed E-state index contributed by atoms with van der Waals surface area (Å²) >= 11 is 0. The van der Waals surface area contributed by atoms with Crippen LogP contribution in [-0.4, -0.2) is 50.5 Å². The molecule has 10 nitrogen and oxygen atoms in total. The van der Waals surface area contributed by atoms with E-state index in [0.29, 0.717) is 48.5 Å². The summed E-state index contributed by atoms with van der Waals surface area (Å²) in [7, 11) is 0. The fourth-order valence-corrected chi connectivity index (χ4v) is 5.04. The molecule has 0 amide bonds. The van der Waals surface area contributed by atoms with Crippen molar-refractivity contribution in [3.63, 3.8) is 0 Å². The summed E-state index contributed by atoms with van der Waals surface area (Å²) in [6, 6.07) is 9.76. The molecule has 0 aliphatic heterocycles. The van der Waals surface area contributed by atoms with E-state index in [1.807, 2.05) is 19.1 Å². The van der Waals surface area contributed by atoms with E-state index in [9.17, 15) is 23.5 Å². The molecule has 0 spiro atoms. The summed E-state index contributed by atoms with van der Waals surface area (Å²) in [5.41, 5.74) is 1.33. The van der Waals surface area contributed by atoms with Crippen molar-refractivity contribution < 1.29 is 38.1 Å². The number of rotatable bonds is 11. The molecule has 1 saturated carbocycles. The van der Waals surface area contributed by atoms with Crippen LogP contribution in [0.25, 0.3) is 11.3 Å². The number of nitrogens with zero attached hydrogens (tertiary/aromatic N) is 3. The molecule has 3 aromatic rings. The lowest BCUT2D eigenvalue weighted by molar-refractivity contribution is -0.171. The molecule has 3 heterocycles. The summed E-state index contributed by atoms with van der Waals surface area (Å²) in [5.74, 6) is -0.887. The number of hydrogen-bond donors (Lipinski definition) is 3. The van der Waals surface area contributed by atoms with Crippen LogP contribution in [0.3, 0.4) is 0 Å². The minimum atomic E-state index is -2.61. The van der Waals surface area contributed by atoms with Gasteiger partial charge in [-0.3, -0.25) is 14.6 Å². The van der Waals surface area contributed by atoms with Gasteiger partial charge >= 0.3 is 11.9 Å². The highest BCUT2D eigenvalue weighted by Gasteiger charge is 2.39. The number of halogens is 2. The van der Waals surface area contributed by atoms with Crippen LogP contribution in [0, 0.1) is 18.8 Å². The molecule has 4 rings (SSSR count). The second-order valence-corrected chi connectivity index (χ2v) is 10.5. The van der Waals surface area contributed by atoms with Gasteiger partial charge < -0.3 is 25.0 Å². The Bertz CT molecular complexity index is 1380. The molecule has 1 aliphatic rings. The number of aromatic nitrogens is 3. The first-order chi connectivity index (χ1) is 20.1. The summed E-state index contributed by atoms with van der Waals surface area (Å²) in [5, 5.41) is 23.1. The van der Waals surface area contributed by atoms with Crippen LogP contribution in [0.2, 0.25) is 0 Å². The van der Waals surface area contributed by atoms with E-state index in [-0.39, 0.29) is 36.2 Å². The number of hydrogen-bond acceptors (Lipinski definition) is 10. The average Bonchev–Trinajstić information content (AvgIpc) is 2.97. The van der Waals surface area contributed by atoms with Crippen LogP contribution < -0.4 is 5.32 Å². The molecule has 0 unspecified atom stereocenters. The number of aliphatic hydroxyl groups is 2. The van der Waals surface area contributed by atoms with E-state index in [1.54, 1.807) is 25.3 Å². The summed E-state index contributed by atoms with van der Waals surface area (Å²) in [4.78, 5) is 36.9. The van der Waals surface area contributed by atoms with Crippen molar-refractivity contribution in [2.75, 3.05) is 18.7 Å². The minimum Gasteiger partial charge on any atom is -0.428 e.